The zero-order chi connectivity index (χ0) is 72.7. The van der Waals surface area contributed by atoms with Crippen LogP contribution in [0.5, 0.6) is 11.5 Å². The van der Waals surface area contributed by atoms with E-state index < -0.39 is 32.7 Å². The van der Waals surface area contributed by atoms with E-state index in [1.807, 2.05) is 165 Å². The lowest BCUT2D eigenvalue weighted by atomic mass is 9.94. The van der Waals surface area contributed by atoms with Crippen LogP contribution in [-0.2, 0) is 32.2 Å². The van der Waals surface area contributed by atoms with E-state index in [0.717, 1.165) is 76.3 Å². The van der Waals surface area contributed by atoms with Crippen LogP contribution in [0.1, 0.15) is 170 Å². The number of pyridine rings is 3. The van der Waals surface area contributed by atoms with Gasteiger partial charge in [-0.2, -0.15) is 0 Å². The maximum Gasteiger partial charge on any atom is 0.410 e. The number of H-pyrrole nitrogens is 1. The molecule has 26 nitrogen and oxygen atoms in total. The van der Waals surface area contributed by atoms with E-state index in [1.165, 1.54) is 23.1 Å². The van der Waals surface area contributed by atoms with Crippen LogP contribution in [0.3, 0.4) is 0 Å². The molecule has 2 fully saturated rings. The number of benzene rings is 4. The van der Waals surface area contributed by atoms with Crippen molar-refractivity contribution in [2.75, 3.05) is 50.7 Å². The smallest absolute Gasteiger partial charge is 0.410 e. The molecule has 0 bridgehead atoms. The number of hydrogen-bond acceptors (Lipinski definition) is 20. The monoisotopic (exact) mass is 1470 g/mol. The summed E-state index contributed by atoms with van der Waals surface area (Å²) in [5.41, 5.74) is 16.5. The summed E-state index contributed by atoms with van der Waals surface area (Å²) in [7, 11) is 0. The molecule has 3 amide bonds. The Kier molecular flexibility index (Phi) is 36.0. The lowest BCUT2D eigenvalue weighted by molar-refractivity contribution is -0.384. The summed E-state index contributed by atoms with van der Waals surface area (Å²) < 4.78 is 27.6. The van der Waals surface area contributed by atoms with Crippen molar-refractivity contribution >= 4 is 81.7 Å². The van der Waals surface area contributed by atoms with E-state index in [1.54, 1.807) is 40.1 Å². The molecule has 0 aliphatic carbocycles. The van der Waals surface area contributed by atoms with Crippen molar-refractivity contribution in [3.05, 3.63) is 205 Å². The number of Topliss-reactive ketones (excluding diaryl/α,β-unsaturated/α-hetero) is 1. The first-order valence-corrected chi connectivity index (χ1v) is 32.7. The second-order valence-corrected chi connectivity index (χ2v) is 26.7. The number of carbonyl (C=O) groups excluding carboxylic acids is 5. The van der Waals surface area contributed by atoms with Crippen LogP contribution >= 0.6 is 11.6 Å². The number of nitrogens with zero attached hydrogens (tertiary/aromatic N) is 9. The third-order valence-electron chi connectivity index (χ3n) is 14.7. The fourth-order valence-electron chi connectivity index (χ4n) is 9.95. The van der Waals surface area contributed by atoms with Gasteiger partial charge in [0.2, 0.25) is 11.6 Å². The SMILES string of the molecule is C.C.C.C.C.CC(C)(C)OC(=O)N1CCC=C(c2ccc([N+](=O)[O-])c(N)n2)C1.CC(C)(C)OC(=O)N1CCCC(=O)C1.CC(C)(C)OC(=O)N1CCCC(c2ccc3[nH]c(-c4ccc(OCc5ccccc5)cc4)nc3n2)C1.Nc1nc(Cl)ccc1[N+](=O)[O-].O=Cc1ccc(OCc2ccccc2)cc1. The molecule has 1 unspecified atom stereocenters. The van der Waals surface area contributed by atoms with Crippen molar-refractivity contribution in [1.82, 2.24) is 39.6 Å². The molecule has 105 heavy (non-hydrogen) atoms. The molecule has 1 atom stereocenters. The number of aromatic amines is 1. The molecule has 568 valence electrons. The predicted molar refractivity (Wildman–Crippen MR) is 414 cm³/mol. The fourth-order valence-corrected chi connectivity index (χ4v) is 10.1. The van der Waals surface area contributed by atoms with Crippen molar-refractivity contribution in [3.63, 3.8) is 0 Å². The Hall–Kier alpha value is -11.0. The Morgan fingerprint density at radius 1 is 0.590 bits per heavy atom. The highest BCUT2D eigenvalue weighted by Gasteiger charge is 2.31. The van der Waals surface area contributed by atoms with Gasteiger partial charge in [-0.15, -0.1) is 0 Å². The van der Waals surface area contributed by atoms with Gasteiger partial charge in [0.05, 0.1) is 34.1 Å². The number of halogens is 1. The van der Waals surface area contributed by atoms with Crippen LogP contribution < -0.4 is 20.9 Å². The van der Waals surface area contributed by atoms with Gasteiger partial charge in [-0.3, -0.25) is 29.8 Å². The number of nitrogens with two attached hydrogens (primary N) is 2. The number of nitro groups is 2. The van der Waals surface area contributed by atoms with E-state index in [4.69, 9.17) is 56.7 Å². The van der Waals surface area contributed by atoms with Gasteiger partial charge in [0.25, 0.3) is 0 Å². The maximum absolute atomic E-state index is 12.6. The summed E-state index contributed by atoms with van der Waals surface area (Å²) in [5, 5.41) is 21.1. The highest BCUT2D eigenvalue weighted by molar-refractivity contribution is 6.29. The fraction of sp³-hybridized carbons (Fsp3) is 0.397. The largest absolute Gasteiger partial charge is 0.489 e. The Balaban J connectivity index is 0.000000471. The van der Waals surface area contributed by atoms with Crippen LogP contribution in [0, 0.1) is 20.2 Å². The van der Waals surface area contributed by atoms with E-state index in [0.29, 0.717) is 75.7 Å². The average Bonchev–Trinajstić information content (AvgIpc) is 1.59. The van der Waals surface area contributed by atoms with Gasteiger partial charge in [0.1, 0.15) is 58.8 Å². The van der Waals surface area contributed by atoms with Gasteiger partial charge in [-0.25, -0.2) is 34.3 Å². The zero-order valence-electron chi connectivity index (χ0n) is 57.6. The van der Waals surface area contributed by atoms with Crippen molar-refractivity contribution in [2.24, 2.45) is 0 Å². The summed E-state index contributed by atoms with van der Waals surface area (Å²) in [5.74, 6) is 2.33. The molecular weight excluding hydrogens is 1360 g/mol. The minimum atomic E-state index is -0.612. The molecule has 0 spiro atoms. The number of hydrogen-bond donors (Lipinski definition) is 3. The number of ether oxygens (including phenoxy) is 5. The van der Waals surface area contributed by atoms with Crippen molar-refractivity contribution in [1.29, 1.82) is 0 Å². The number of carbonyl (C=O) groups is 5. The quantitative estimate of drug-likeness (QED) is 0.0336. The van der Waals surface area contributed by atoms with E-state index in [2.05, 4.69) is 15.0 Å². The lowest BCUT2D eigenvalue weighted by Gasteiger charge is -2.33. The number of anilines is 2. The normalized spacial score (nSPS) is 13.8. The molecule has 3 aliphatic heterocycles. The molecule has 4 aromatic heterocycles. The molecule has 0 saturated carbocycles. The lowest BCUT2D eigenvalue weighted by Crippen LogP contribution is -2.43. The number of imidazole rings is 1. The summed E-state index contributed by atoms with van der Waals surface area (Å²) >= 11 is 5.41. The summed E-state index contributed by atoms with van der Waals surface area (Å²) in [6.07, 6.45) is 5.64. The van der Waals surface area contributed by atoms with Crippen LogP contribution in [0.2, 0.25) is 5.15 Å². The Labute approximate surface area is 622 Å². The number of nitrogens with one attached hydrogen (secondary N) is 1. The predicted octanol–water partition coefficient (Wildman–Crippen LogP) is 18.0. The highest BCUT2D eigenvalue weighted by Crippen LogP contribution is 2.31. The molecule has 7 heterocycles. The van der Waals surface area contributed by atoms with E-state index >= 15 is 0 Å². The van der Waals surface area contributed by atoms with Gasteiger partial charge < -0.3 is 54.8 Å². The van der Waals surface area contributed by atoms with Gasteiger partial charge in [0.15, 0.2) is 11.4 Å². The second kappa shape index (κ2) is 41.9. The molecule has 27 heteroatoms. The van der Waals surface area contributed by atoms with Crippen molar-refractivity contribution in [2.45, 2.75) is 167 Å². The molecule has 8 aromatic rings. The van der Waals surface area contributed by atoms with Crippen LogP contribution in [0.4, 0.5) is 37.4 Å². The highest BCUT2D eigenvalue weighted by atomic mass is 35.5. The molecule has 0 radical (unpaired) electrons. The van der Waals surface area contributed by atoms with Crippen LogP contribution in [0.15, 0.2) is 152 Å². The number of fused-ring (bicyclic) bond motifs is 1. The number of aldehydes is 1. The Morgan fingerprint density at radius 3 is 1.56 bits per heavy atom. The minimum absolute atomic E-state index is 0. The minimum Gasteiger partial charge on any atom is -0.489 e. The molecule has 2 saturated heterocycles. The molecule has 3 aliphatic rings. The first-order chi connectivity index (χ1) is 47.4. The molecular formula is C78H105ClN12O14. The number of rotatable bonds is 12. The second-order valence-electron chi connectivity index (χ2n) is 26.3. The molecule has 4 aromatic carbocycles. The number of ketones is 1. The number of piperidine rings is 2. The Bertz CT molecular complexity index is 4120. The van der Waals surface area contributed by atoms with Gasteiger partial charge in [-0.1, -0.05) is 115 Å². The maximum atomic E-state index is 12.6. The van der Waals surface area contributed by atoms with Crippen LogP contribution in [-0.4, -0.2) is 136 Å². The number of nitrogen functional groups attached to an aromatic ring is 2. The van der Waals surface area contributed by atoms with Gasteiger partial charge >= 0.3 is 29.7 Å². The Morgan fingerprint density at radius 2 is 1.08 bits per heavy atom. The van der Waals surface area contributed by atoms with Crippen molar-refractivity contribution in [3.8, 4) is 22.9 Å². The molecule has 5 N–H and O–H groups in total. The van der Waals surface area contributed by atoms with Gasteiger partial charge in [0, 0.05) is 67.5 Å². The zero-order valence-corrected chi connectivity index (χ0v) is 58.3. The van der Waals surface area contributed by atoms with Crippen LogP contribution in [0.25, 0.3) is 28.1 Å². The third-order valence-corrected chi connectivity index (χ3v) is 14.9. The summed E-state index contributed by atoms with van der Waals surface area (Å²) in [6, 6.07) is 44.5. The number of amides is 3. The topological polar surface area (TPSA) is 347 Å². The van der Waals surface area contributed by atoms with Crippen molar-refractivity contribution < 1.29 is 57.5 Å². The van der Waals surface area contributed by atoms with E-state index in [9.17, 15) is 44.2 Å². The summed E-state index contributed by atoms with van der Waals surface area (Å²) in [4.78, 5) is 103. The standard InChI is InChI=1S/C29H32N4O3.C15H20N4O4.C14H12O2.C10H17NO3.C5H4ClN3O2.5CH4/c1-29(2,3)36-28(34)33-17-7-10-22(18-33)24-15-16-25-27(30-24)32-26(31-25)21-11-13-23(14-12-21)35-19-20-8-5-4-6-9-20;1-15(2,3)23-14(20)18-8-4-5-10(9-18)11-6-7-12(19(21)22)13(16)17-11;15-10-12-6-8-14(9-7-12)16-11-13-4-2-1-3-5-13;1-10(2,3)14-9(13)11-6-4-5-8(12)7-11;6-4-2-1-3(9(10)11)5(7)8-4;;;;;/h4-6,8-9,11-16,22H,7,10,17-19H2,1-3H3,(H,30,31,32);5-7H,4,8-9H2,1-3H3,(H2,16,17);1-10H,11H2;4-7H2,1-3H3;1-2H,(H2,7,8);5*1H4. The third kappa shape index (κ3) is 29.7. The van der Waals surface area contributed by atoms with Gasteiger partial charge in [-0.05, 0) is 177 Å². The number of aromatic nitrogens is 5. The van der Waals surface area contributed by atoms with E-state index in [-0.39, 0.29) is 95.7 Å². The average molecular weight is 1470 g/mol. The number of likely N-dealkylation sites (tertiary alicyclic amines) is 2. The first-order valence-electron chi connectivity index (χ1n) is 32.4. The first kappa shape index (κ1) is 90.1. The molecule has 11 rings (SSSR count). The summed E-state index contributed by atoms with van der Waals surface area (Å²) in [6.45, 7) is 20.7.